The summed E-state index contributed by atoms with van der Waals surface area (Å²) in [7, 11) is 0. The zero-order valence-electron chi connectivity index (χ0n) is 9.55. The second-order valence-electron chi connectivity index (χ2n) is 3.93. The number of nitrogens with zero attached hydrogens (tertiary/aromatic N) is 1. The molecule has 3 rings (SSSR count). The van der Waals surface area contributed by atoms with Crippen molar-refractivity contribution in [3.63, 3.8) is 0 Å². The van der Waals surface area contributed by atoms with E-state index in [1.165, 1.54) is 0 Å². The highest BCUT2D eigenvalue weighted by atomic mass is 79.9. The van der Waals surface area contributed by atoms with Crippen LogP contribution in [-0.4, -0.2) is 4.98 Å². The van der Waals surface area contributed by atoms with Gasteiger partial charge in [-0.1, -0.05) is 12.1 Å². The topological polar surface area (TPSA) is 12.9 Å². The number of halogens is 5. The monoisotopic (exact) mass is 361 g/mol. The molecule has 0 aliphatic carbocycles. The molecule has 0 spiro atoms. The fourth-order valence-electron chi connectivity index (χ4n) is 1.77. The minimum Gasteiger partial charge on any atom is -0.236 e. The summed E-state index contributed by atoms with van der Waals surface area (Å²) in [4.78, 5) is 4.01. The summed E-state index contributed by atoms with van der Waals surface area (Å²) >= 11 is 3.44. The number of benzene rings is 2. The first kappa shape index (κ1) is 13.5. The van der Waals surface area contributed by atoms with Crippen molar-refractivity contribution < 1.29 is 17.6 Å². The lowest BCUT2D eigenvalue weighted by atomic mass is 10.2. The summed E-state index contributed by atoms with van der Waals surface area (Å²) in [6.45, 7) is 0. The first-order chi connectivity index (χ1) is 9.50. The molecule has 0 unspecified atom stereocenters. The van der Waals surface area contributed by atoms with E-state index in [2.05, 4.69) is 20.9 Å². The van der Waals surface area contributed by atoms with Crippen LogP contribution in [0, 0.1) is 23.3 Å². The molecule has 0 saturated heterocycles. The number of thiazole rings is 1. The molecule has 0 N–H and O–H groups in total. The van der Waals surface area contributed by atoms with Crippen LogP contribution in [-0.2, 0) is 0 Å². The van der Waals surface area contributed by atoms with Gasteiger partial charge in [-0.15, -0.1) is 11.3 Å². The van der Waals surface area contributed by atoms with Crippen molar-refractivity contribution in [2.45, 2.75) is 0 Å². The Morgan fingerprint density at radius 3 is 2.10 bits per heavy atom. The molecule has 0 amide bonds. The highest BCUT2D eigenvalue weighted by Crippen LogP contribution is 2.37. The molecular weight excluding hydrogens is 358 g/mol. The molecule has 0 bridgehead atoms. The average Bonchev–Trinajstić information content (AvgIpc) is 2.86. The molecule has 0 saturated carbocycles. The predicted molar refractivity (Wildman–Crippen MR) is 72.6 cm³/mol. The van der Waals surface area contributed by atoms with Crippen LogP contribution in [0.15, 0.2) is 28.7 Å². The van der Waals surface area contributed by atoms with E-state index >= 15 is 0 Å². The zero-order valence-corrected chi connectivity index (χ0v) is 12.0. The normalized spacial score (nSPS) is 11.2. The van der Waals surface area contributed by atoms with Crippen molar-refractivity contribution in [3.05, 3.63) is 52.0 Å². The largest absolute Gasteiger partial charge is 0.236 e. The lowest BCUT2D eigenvalue weighted by molar-refractivity contribution is 0.451. The van der Waals surface area contributed by atoms with E-state index in [9.17, 15) is 17.6 Å². The average molecular weight is 362 g/mol. The van der Waals surface area contributed by atoms with Crippen LogP contribution in [0.1, 0.15) is 0 Å². The van der Waals surface area contributed by atoms with Crippen LogP contribution in [0.2, 0.25) is 0 Å². The molecule has 1 nitrogen and oxygen atoms in total. The fourth-order valence-corrected chi connectivity index (χ4v) is 3.12. The van der Waals surface area contributed by atoms with Gasteiger partial charge in [-0.2, -0.15) is 0 Å². The van der Waals surface area contributed by atoms with Gasteiger partial charge < -0.3 is 0 Å². The third kappa shape index (κ3) is 1.92. The molecular formula is C13H4BrF4NS. The Morgan fingerprint density at radius 2 is 1.50 bits per heavy atom. The second-order valence-corrected chi connectivity index (χ2v) is 5.76. The van der Waals surface area contributed by atoms with E-state index in [0.717, 1.165) is 11.3 Å². The van der Waals surface area contributed by atoms with E-state index in [1.807, 2.05) is 0 Å². The Hall–Kier alpha value is -1.47. The maximum Gasteiger partial charge on any atom is 0.176 e. The van der Waals surface area contributed by atoms with E-state index in [-0.39, 0.29) is 5.01 Å². The van der Waals surface area contributed by atoms with Crippen molar-refractivity contribution >= 4 is 37.5 Å². The first-order valence-corrected chi connectivity index (χ1v) is 6.99. The van der Waals surface area contributed by atoms with Crippen LogP contribution in [0.3, 0.4) is 0 Å². The summed E-state index contributed by atoms with van der Waals surface area (Å²) < 4.78 is 54.6. The maximum absolute atomic E-state index is 13.9. The van der Waals surface area contributed by atoms with Gasteiger partial charge in [0.05, 0.1) is 20.3 Å². The standard InChI is InChI=1S/C13H4BrF4NS/c14-8-11(17)9(15)7(10(16)12(8)18)13-19-5-3-1-2-4-6(5)20-13/h1-4H. The minimum atomic E-state index is -1.47. The van der Waals surface area contributed by atoms with Crippen LogP contribution in [0.25, 0.3) is 20.8 Å². The summed E-state index contributed by atoms with van der Waals surface area (Å²) in [5.41, 5.74) is -0.278. The smallest absolute Gasteiger partial charge is 0.176 e. The van der Waals surface area contributed by atoms with Gasteiger partial charge in [0.2, 0.25) is 0 Å². The van der Waals surface area contributed by atoms with E-state index in [4.69, 9.17) is 0 Å². The first-order valence-electron chi connectivity index (χ1n) is 5.38. The Kier molecular flexibility index (Phi) is 3.25. The minimum absolute atomic E-state index is 0.105. The molecule has 0 aliphatic heterocycles. The zero-order chi connectivity index (χ0) is 14.4. The molecule has 0 aliphatic rings. The van der Waals surface area contributed by atoms with Crippen molar-refractivity contribution in [3.8, 4) is 10.6 Å². The van der Waals surface area contributed by atoms with Crippen LogP contribution >= 0.6 is 27.3 Å². The summed E-state index contributed by atoms with van der Waals surface area (Å²) in [5, 5.41) is -0.105. The molecule has 20 heavy (non-hydrogen) atoms. The number of fused-ring (bicyclic) bond motifs is 1. The van der Waals surface area contributed by atoms with Gasteiger partial charge in [-0.3, -0.25) is 0 Å². The van der Waals surface area contributed by atoms with Crippen molar-refractivity contribution in [2.24, 2.45) is 0 Å². The number of hydrogen-bond acceptors (Lipinski definition) is 2. The molecule has 0 fully saturated rings. The van der Waals surface area contributed by atoms with Crippen LogP contribution < -0.4 is 0 Å². The van der Waals surface area contributed by atoms with Crippen molar-refractivity contribution in [1.29, 1.82) is 0 Å². The van der Waals surface area contributed by atoms with E-state index < -0.39 is 33.3 Å². The van der Waals surface area contributed by atoms with E-state index in [0.29, 0.717) is 10.2 Å². The summed E-state index contributed by atoms with van der Waals surface area (Å²) in [5.74, 6) is -5.87. The molecule has 1 heterocycles. The van der Waals surface area contributed by atoms with E-state index in [1.54, 1.807) is 24.3 Å². The Labute approximate surface area is 123 Å². The Morgan fingerprint density at radius 1 is 0.900 bits per heavy atom. The van der Waals surface area contributed by atoms with Gasteiger partial charge in [0.15, 0.2) is 23.3 Å². The molecule has 102 valence electrons. The molecule has 0 atom stereocenters. The predicted octanol–water partition coefficient (Wildman–Crippen LogP) is 5.28. The maximum atomic E-state index is 13.9. The van der Waals surface area contributed by atoms with Crippen molar-refractivity contribution in [1.82, 2.24) is 4.98 Å². The third-order valence-corrected chi connectivity index (χ3v) is 4.47. The summed E-state index contributed by atoms with van der Waals surface area (Å²) in [6, 6.07) is 6.80. The lowest BCUT2D eigenvalue weighted by Gasteiger charge is -2.06. The molecule has 0 radical (unpaired) electrons. The number of aromatic nitrogens is 1. The second kappa shape index (κ2) is 4.82. The molecule has 2 aromatic carbocycles. The van der Waals surface area contributed by atoms with Gasteiger partial charge in [-0.05, 0) is 28.1 Å². The lowest BCUT2D eigenvalue weighted by Crippen LogP contribution is -2.00. The highest BCUT2D eigenvalue weighted by Gasteiger charge is 2.26. The number of hydrogen-bond donors (Lipinski definition) is 0. The quantitative estimate of drug-likeness (QED) is 0.326. The highest BCUT2D eigenvalue weighted by molar-refractivity contribution is 9.10. The molecule has 3 aromatic rings. The third-order valence-electron chi connectivity index (χ3n) is 2.72. The molecule has 1 aromatic heterocycles. The summed E-state index contributed by atoms with van der Waals surface area (Å²) in [6.07, 6.45) is 0. The Bertz CT molecular complexity index is 769. The fraction of sp³-hybridized carbons (Fsp3) is 0. The van der Waals surface area contributed by atoms with Gasteiger partial charge in [0, 0.05) is 0 Å². The SMILES string of the molecule is Fc1c(F)c(-c2nc3ccccc3s2)c(F)c(F)c1Br. The Balaban J connectivity index is 2.34. The molecule has 7 heteroatoms. The van der Waals surface area contributed by atoms with Crippen LogP contribution in [0.4, 0.5) is 17.6 Å². The number of rotatable bonds is 1. The van der Waals surface area contributed by atoms with Crippen LogP contribution in [0.5, 0.6) is 0 Å². The van der Waals surface area contributed by atoms with Gasteiger partial charge in [0.1, 0.15) is 5.01 Å². The number of para-hydroxylation sites is 1. The van der Waals surface area contributed by atoms with Crippen molar-refractivity contribution in [2.75, 3.05) is 0 Å². The van der Waals surface area contributed by atoms with Gasteiger partial charge in [0.25, 0.3) is 0 Å². The van der Waals surface area contributed by atoms with Gasteiger partial charge >= 0.3 is 0 Å². The van der Waals surface area contributed by atoms with Gasteiger partial charge in [-0.25, -0.2) is 22.5 Å².